The van der Waals surface area contributed by atoms with Crippen molar-refractivity contribution in [3.63, 3.8) is 0 Å². The summed E-state index contributed by atoms with van der Waals surface area (Å²) in [6.07, 6.45) is 7.73. The lowest BCUT2D eigenvalue weighted by Crippen LogP contribution is -2.42. The minimum absolute atomic E-state index is 0.120. The van der Waals surface area contributed by atoms with Gasteiger partial charge in [0.2, 0.25) is 11.8 Å². The molecule has 1 aromatic heterocycles. The number of amides is 1. The Morgan fingerprint density at radius 3 is 2.75 bits per heavy atom. The number of fused-ring (bicyclic) bond motifs is 5. The molecule has 3 aliphatic carbocycles. The van der Waals surface area contributed by atoms with Crippen LogP contribution in [0.1, 0.15) is 71.0 Å². The Hall–Kier alpha value is -1.39. The molecular weight excluding hydrogens is 302 g/mol. The smallest absolute Gasteiger partial charge is 0.227 e. The van der Waals surface area contributed by atoms with Crippen molar-refractivity contribution in [3.05, 3.63) is 11.7 Å². The summed E-state index contributed by atoms with van der Waals surface area (Å²) in [6.45, 7) is 6.17. The Bertz CT molecular complexity index is 618. The molecule has 1 N–H and O–H groups in total. The van der Waals surface area contributed by atoms with Crippen molar-refractivity contribution in [2.45, 2.75) is 77.2 Å². The van der Waals surface area contributed by atoms with E-state index in [-0.39, 0.29) is 11.3 Å². The van der Waals surface area contributed by atoms with Gasteiger partial charge >= 0.3 is 0 Å². The van der Waals surface area contributed by atoms with Gasteiger partial charge in [-0.05, 0) is 49.4 Å². The zero-order valence-corrected chi connectivity index (χ0v) is 15.0. The highest BCUT2D eigenvalue weighted by Gasteiger charge is 2.53. The van der Waals surface area contributed by atoms with E-state index >= 15 is 0 Å². The van der Waals surface area contributed by atoms with Gasteiger partial charge in [-0.25, -0.2) is 0 Å². The maximum absolute atomic E-state index is 12.3. The van der Waals surface area contributed by atoms with E-state index in [1.54, 1.807) is 0 Å². The second-order valence-electron chi connectivity index (χ2n) is 9.09. The number of nitrogens with one attached hydrogen (secondary N) is 1. The molecule has 0 unspecified atom stereocenters. The molecule has 3 aliphatic rings. The van der Waals surface area contributed by atoms with Crippen molar-refractivity contribution in [2.24, 2.45) is 23.7 Å². The molecular formula is C19H29N3O2. The number of hydrogen-bond acceptors (Lipinski definition) is 4. The van der Waals surface area contributed by atoms with Crippen LogP contribution in [0.4, 0.5) is 0 Å². The molecule has 4 rings (SSSR count). The second kappa shape index (κ2) is 5.85. The largest absolute Gasteiger partial charge is 0.353 e. The lowest BCUT2D eigenvalue weighted by atomic mass is 9.79. The number of aromatic nitrogens is 2. The van der Waals surface area contributed by atoms with E-state index in [0.29, 0.717) is 30.6 Å². The Balaban J connectivity index is 1.28. The van der Waals surface area contributed by atoms with Crippen molar-refractivity contribution in [3.8, 4) is 0 Å². The van der Waals surface area contributed by atoms with Crippen LogP contribution < -0.4 is 5.32 Å². The molecule has 132 valence electrons. The van der Waals surface area contributed by atoms with Gasteiger partial charge in [0.1, 0.15) is 0 Å². The normalized spacial score (nSPS) is 34.5. The predicted octanol–water partition coefficient (Wildman–Crippen LogP) is 3.24. The van der Waals surface area contributed by atoms with Gasteiger partial charge in [-0.15, -0.1) is 0 Å². The maximum Gasteiger partial charge on any atom is 0.227 e. The van der Waals surface area contributed by atoms with Gasteiger partial charge in [-0.3, -0.25) is 4.79 Å². The molecule has 0 spiro atoms. The van der Waals surface area contributed by atoms with Gasteiger partial charge in [0, 0.05) is 24.3 Å². The molecule has 1 amide bonds. The number of nitrogens with zero attached hydrogens (tertiary/aromatic N) is 2. The number of carbonyl (C=O) groups is 1. The first kappa shape index (κ1) is 16.1. The van der Waals surface area contributed by atoms with Crippen LogP contribution in [0.5, 0.6) is 0 Å². The summed E-state index contributed by atoms with van der Waals surface area (Å²) in [5.41, 5.74) is -0.120. The molecule has 0 saturated heterocycles. The van der Waals surface area contributed by atoms with Crippen LogP contribution in [0.2, 0.25) is 0 Å². The molecule has 24 heavy (non-hydrogen) atoms. The molecule has 0 aliphatic heterocycles. The highest BCUT2D eigenvalue weighted by Crippen LogP contribution is 2.58. The average Bonchev–Trinajstić information content (AvgIpc) is 3.25. The fourth-order valence-electron chi connectivity index (χ4n) is 5.39. The Morgan fingerprint density at radius 2 is 2.00 bits per heavy atom. The minimum Gasteiger partial charge on any atom is -0.353 e. The summed E-state index contributed by atoms with van der Waals surface area (Å²) >= 11 is 0. The van der Waals surface area contributed by atoms with E-state index in [1.807, 2.05) is 0 Å². The fraction of sp³-hybridized carbons (Fsp3) is 0.842. The third-order valence-corrected chi connectivity index (χ3v) is 6.48. The number of carbonyl (C=O) groups excluding carboxylic acids is 1. The summed E-state index contributed by atoms with van der Waals surface area (Å²) < 4.78 is 5.28. The molecule has 2 bridgehead atoms. The second-order valence-corrected chi connectivity index (χ2v) is 9.09. The third kappa shape index (κ3) is 2.86. The van der Waals surface area contributed by atoms with E-state index < -0.39 is 0 Å². The van der Waals surface area contributed by atoms with Gasteiger partial charge in [-0.1, -0.05) is 32.3 Å². The molecule has 5 heteroatoms. The topological polar surface area (TPSA) is 68.0 Å². The monoisotopic (exact) mass is 331 g/mol. The lowest BCUT2D eigenvalue weighted by Gasteiger charge is -2.32. The molecule has 0 aromatic carbocycles. The van der Waals surface area contributed by atoms with Crippen LogP contribution in [0.25, 0.3) is 0 Å². The summed E-state index contributed by atoms with van der Waals surface area (Å²) in [4.78, 5) is 16.8. The van der Waals surface area contributed by atoms with Gasteiger partial charge in [0.05, 0.1) is 0 Å². The van der Waals surface area contributed by atoms with Crippen LogP contribution in [-0.4, -0.2) is 22.1 Å². The van der Waals surface area contributed by atoms with Crippen molar-refractivity contribution >= 4 is 5.91 Å². The first-order chi connectivity index (χ1) is 11.4. The number of aryl methyl sites for hydroxylation is 1. The fourth-order valence-corrected chi connectivity index (χ4v) is 5.39. The minimum atomic E-state index is -0.120. The van der Waals surface area contributed by atoms with E-state index in [4.69, 9.17) is 4.52 Å². The van der Waals surface area contributed by atoms with E-state index in [9.17, 15) is 4.79 Å². The molecule has 3 fully saturated rings. The average molecular weight is 331 g/mol. The van der Waals surface area contributed by atoms with E-state index in [2.05, 4.69) is 36.2 Å². The zero-order valence-electron chi connectivity index (χ0n) is 15.0. The van der Waals surface area contributed by atoms with Crippen LogP contribution in [0, 0.1) is 23.7 Å². The van der Waals surface area contributed by atoms with Crippen LogP contribution in [0.3, 0.4) is 0 Å². The molecule has 5 atom stereocenters. The van der Waals surface area contributed by atoms with Gasteiger partial charge < -0.3 is 9.84 Å². The predicted molar refractivity (Wildman–Crippen MR) is 90.3 cm³/mol. The first-order valence-corrected chi connectivity index (χ1v) is 9.54. The van der Waals surface area contributed by atoms with Crippen molar-refractivity contribution in [1.82, 2.24) is 15.5 Å². The van der Waals surface area contributed by atoms with Crippen molar-refractivity contribution in [2.75, 3.05) is 0 Å². The molecule has 5 nitrogen and oxygen atoms in total. The van der Waals surface area contributed by atoms with Crippen molar-refractivity contribution in [1.29, 1.82) is 0 Å². The van der Waals surface area contributed by atoms with Crippen LogP contribution in [0.15, 0.2) is 4.52 Å². The van der Waals surface area contributed by atoms with Crippen LogP contribution >= 0.6 is 0 Å². The van der Waals surface area contributed by atoms with E-state index in [1.165, 1.54) is 32.1 Å². The Morgan fingerprint density at radius 1 is 1.21 bits per heavy atom. The molecule has 3 saturated carbocycles. The highest BCUT2D eigenvalue weighted by atomic mass is 16.5. The summed E-state index contributed by atoms with van der Waals surface area (Å²) in [7, 11) is 0. The Labute approximate surface area is 144 Å². The van der Waals surface area contributed by atoms with Crippen molar-refractivity contribution < 1.29 is 9.32 Å². The van der Waals surface area contributed by atoms with Gasteiger partial charge in [0.25, 0.3) is 0 Å². The lowest BCUT2D eigenvalue weighted by molar-refractivity contribution is -0.122. The maximum atomic E-state index is 12.3. The third-order valence-electron chi connectivity index (χ3n) is 6.48. The molecule has 1 aromatic rings. The molecule has 1 heterocycles. The summed E-state index contributed by atoms with van der Waals surface area (Å²) in [5.74, 6) is 4.88. The van der Waals surface area contributed by atoms with Gasteiger partial charge in [-0.2, -0.15) is 4.98 Å². The molecule has 0 radical (unpaired) electrons. The van der Waals surface area contributed by atoms with Crippen LogP contribution in [-0.2, 0) is 16.6 Å². The zero-order chi connectivity index (χ0) is 16.9. The quantitative estimate of drug-likeness (QED) is 0.919. The van der Waals surface area contributed by atoms with Gasteiger partial charge in [0.15, 0.2) is 5.82 Å². The number of hydrogen-bond donors (Lipinski definition) is 1. The Kier molecular flexibility index (Phi) is 3.92. The standard InChI is InChI=1S/C19H29N3O2/c1-19(2,3)18-21-17(24-22-18)8-7-16(23)20-15-10-11-9-14(15)13-6-4-5-12(11)13/h11-15H,4-10H2,1-3H3,(H,20,23)/t11-,12-,13-,14+,15-/m1/s1. The summed E-state index contributed by atoms with van der Waals surface area (Å²) in [5, 5.41) is 7.32. The van der Waals surface area contributed by atoms with E-state index in [0.717, 1.165) is 23.7 Å². The highest BCUT2D eigenvalue weighted by molar-refractivity contribution is 5.76. The number of rotatable bonds is 4. The summed E-state index contributed by atoms with van der Waals surface area (Å²) in [6, 6.07) is 0.412. The first-order valence-electron chi connectivity index (χ1n) is 9.54. The SMILES string of the molecule is CC(C)(C)c1noc(CCC(=O)N[C@@H]2C[C@H]3C[C@H]2[C@@H]2CCC[C@H]32)n1.